The number of rotatable bonds is 10. The molecule has 0 fully saturated rings. The predicted octanol–water partition coefficient (Wildman–Crippen LogP) is 4.35. The van der Waals surface area contributed by atoms with Gasteiger partial charge in [0.15, 0.2) is 0 Å². The lowest BCUT2D eigenvalue weighted by Gasteiger charge is -2.27. The van der Waals surface area contributed by atoms with E-state index in [9.17, 15) is 17.6 Å². The fraction of sp³-hybridized carbons (Fsp3) is 0.333. The molecule has 0 N–H and O–H groups in total. The maximum atomic E-state index is 14.3. The molecule has 0 radical (unpaired) electrons. The number of amides is 1. The summed E-state index contributed by atoms with van der Waals surface area (Å²) < 4.78 is 47.5. The highest BCUT2D eigenvalue weighted by Gasteiger charge is 2.28. The van der Waals surface area contributed by atoms with E-state index in [1.165, 1.54) is 41.0 Å². The second-order valence-electron chi connectivity index (χ2n) is 8.03. The van der Waals surface area contributed by atoms with Gasteiger partial charge in [-0.15, -0.1) is 0 Å². The number of imidazole rings is 1. The van der Waals surface area contributed by atoms with Gasteiger partial charge in [0.05, 0.1) is 36.4 Å². The number of halogens is 2. The zero-order chi connectivity index (χ0) is 24.9. The topological polar surface area (TPSA) is 81.5 Å². The Bertz CT molecular complexity index is 1260. The monoisotopic (exact) mass is 507 g/mol. The first-order valence-corrected chi connectivity index (χ1v) is 12.7. The van der Waals surface area contributed by atoms with E-state index in [-0.39, 0.29) is 42.2 Å². The summed E-state index contributed by atoms with van der Waals surface area (Å²) in [4.78, 5) is 18.8. The molecule has 2 aromatic carbocycles. The number of benzene rings is 2. The normalized spacial score (nSPS) is 11.7. The van der Waals surface area contributed by atoms with E-state index in [1.807, 2.05) is 13.8 Å². The third-order valence-corrected chi connectivity index (χ3v) is 7.26. The van der Waals surface area contributed by atoms with Crippen LogP contribution in [-0.4, -0.2) is 48.5 Å². The highest BCUT2D eigenvalue weighted by molar-refractivity contribution is 7.90. The Labute approximate surface area is 204 Å². The van der Waals surface area contributed by atoms with E-state index in [0.717, 1.165) is 0 Å². The van der Waals surface area contributed by atoms with E-state index in [1.54, 1.807) is 30.3 Å². The molecule has 0 unspecified atom stereocenters. The van der Waals surface area contributed by atoms with Gasteiger partial charge in [-0.3, -0.25) is 4.79 Å². The molecule has 1 heterocycles. The Hall–Kier alpha value is -2.75. The molecule has 0 saturated heterocycles. The highest BCUT2D eigenvalue weighted by Crippen LogP contribution is 2.24. The minimum absolute atomic E-state index is 0.0448. The minimum Gasteiger partial charge on any atom is -0.383 e. The van der Waals surface area contributed by atoms with Gasteiger partial charge >= 0.3 is 0 Å². The van der Waals surface area contributed by atoms with Crippen LogP contribution in [0.25, 0.3) is 0 Å². The van der Waals surface area contributed by atoms with Crippen LogP contribution < -0.4 is 0 Å². The summed E-state index contributed by atoms with van der Waals surface area (Å²) in [7, 11) is -2.35. The van der Waals surface area contributed by atoms with Crippen LogP contribution in [0.3, 0.4) is 0 Å². The second-order valence-corrected chi connectivity index (χ2v) is 10.3. The molecule has 182 valence electrons. The molecule has 1 aromatic heterocycles. The van der Waals surface area contributed by atoms with Gasteiger partial charge in [-0.2, -0.15) is 0 Å². The first kappa shape index (κ1) is 25.9. The van der Waals surface area contributed by atoms with E-state index in [0.29, 0.717) is 16.3 Å². The van der Waals surface area contributed by atoms with E-state index in [4.69, 9.17) is 16.3 Å². The van der Waals surface area contributed by atoms with Crippen molar-refractivity contribution < 1.29 is 22.3 Å². The number of methoxy groups -OCH3 is 1. The molecule has 3 aromatic rings. The number of aromatic nitrogens is 2. The molecule has 0 spiro atoms. The fourth-order valence-electron chi connectivity index (χ4n) is 3.53. The van der Waals surface area contributed by atoms with Crippen molar-refractivity contribution in [3.05, 3.63) is 82.4 Å². The quantitative estimate of drug-likeness (QED) is 0.407. The molecule has 0 aliphatic heterocycles. The summed E-state index contributed by atoms with van der Waals surface area (Å²) in [6, 6.07) is 12.2. The molecular weight excluding hydrogens is 481 g/mol. The third-order valence-electron chi connectivity index (χ3n) is 5.32. The maximum Gasteiger partial charge on any atom is 0.257 e. The van der Waals surface area contributed by atoms with Crippen LogP contribution >= 0.6 is 11.6 Å². The van der Waals surface area contributed by atoms with Crippen molar-refractivity contribution >= 4 is 27.3 Å². The Kier molecular flexibility index (Phi) is 8.46. The molecule has 10 heteroatoms. The zero-order valence-corrected chi connectivity index (χ0v) is 20.8. The molecule has 0 bridgehead atoms. The van der Waals surface area contributed by atoms with Crippen LogP contribution in [0, 0.1) is 5.82 Å². The summed E-state index contributed by atoms with van der Waals surface area (Å²) in [6.07, 6.45) is 1.43. The first-order chi connectivity index (χ1) is 16.2. The molecule has 0 aliphatic carbocycles. The molecule has 34 heavy (non-hydrogen) atoms. The van der Waals surface area contributed by atoms with Crippen LogP contribution in [0.4, 0.5) is 4.39 Å². The molecule has 0 saturated carbocycles. The Morgan fingerprint density at radius 2 is 1.85 bits per heavy atom. The second kappa shape index (κ2) is 11.1. The van der Waals surface area contributed by atoms with Crippen LogP contribution in [0.15, 0.2) is 59.9 Å². The van der Waals surface area contributed by atoms with Crippen LogP contribution in [-0.2, 0) is 33.4 Å². The third kappa shape index (κ3) is 5.84. The van der Waals surface area contributed by atoms with Gasteiger partial charge in [-0.05, 0) is 37.6 Å². The Morgan fingerprint density at radius 1 is 1.18 bits per heavy atom. The lowest BCUT2D eigenvalue weighted by Crippen LogP contribution is -2.37. The lowest BCUT2D eigenvalue weighted by molar-refractivity contribution is 0.0679. The van der Waals surface area contributed by atoms with Crippen molar-refractivity contribution in [3.63, 3.8) is 0 Å². The van der Waals surface area contributed by atoms with E-state index < -0.39 is 21.6 Å². The van der Waals surface area contributed by atoms with Crippen molar-refractivity contribution in [2.24, 2.45) is 0 Å². The van der Waals surface area contributed by atoms with Gasteiger partial charge in [0.25, 0.3) is 5.91 Å². The van der Waals surface area contributed by atoms with Gasteiger partial charge < -0.3 is 14.2 Å². The molecule has 7 nitrogen and oxygen atoms in total. The van der Waals surface area contributed by atoms with Crippen molar-refractivity contribution in [1.29, 1.82) is 0 Å². The molecular formula is C24H27ClFN3O4S. The predicted molar refractivity (Wildman–Crippen MR) is 128 cm³/mol. The van der Waals surface area contributed by atoms with Crippen molar-refractivity contribution in [2.75, 3.05) is 13.7 Å². The highest BCUT2D eigenvalue weighted by atomic mass is 35.5. The van der Waals surface area contributed by atoms with E-state index >= 15 is 0 Å². The summed E-state index contributed by atoms with van der Waals surface area (Å²) in [5.74, 6) is -1.43. The summed E-state index contributed by atoms with van der Waals surface area (Å²) >= 11 is 6.17. The Morgan fingerprint density at radius 3 is 2.50 bits per heavy atom. The molecule has 0 atom stereocenters. The number of carbonyl (C=O) groups excluding carboxylic acids is 1. The lowest BCUT2D eigenvalue weighted by atomic mass is 10.1. The van der Waals surface area contributed by atoms with Crippen LogP contribution in [0.2, 0.25) is 5.02 Å². The average molecular weight is 508 g/mol. The SMILES string of the molecule is COCCn1c(CN(C(=O)c2ccccc2F)C(C)C)cnc1S(=O)(=O)Cc1ccccc1Cl. The number of hydrogen-bond acceptors (Lipinski definition) is 5. The summed E-state index contributed by atoms with van der Waals surface area (Å²) in [6.45, 7) is 4.11. The number of nitrogens with zero attached hydrogens (tertiary/aromatic N) is 3. The van der Waals surface area contributed by atoms with Gasteiger partial charge in [0.2, 0.25) is 15.0 Å². The van der Waals surface area contributed by atoms with Gasteiger partial charge in [-0.25, -0.2) is 17.8 Å². The number of sulfone groups is 1. The standard InChI is InChI=1S/C24H27ClFN3O4S/c1-17(2)29(23(30)20-9-5-7-11-22(20)26)15-19-14-27-24(28(19)12-13-33-3)34(31,32)16-18-8-4-6-10-21(18)25/h4-11,14,17H,12-13,15-16H2,1-3H3. The van der Waals surface area contributed by atoms with Crippen molar-refractivity contribution in [1.82, 2.24) is 14.5 Å². The summed E-state index contributed by atoms with van der Waals surface area (Å²) in [5.41, 5.74) is 0.907. The van der Waals surface area contributed by atoms with Crippen LogP contribution in [0.5, 0.6) is 0 Å². The molecule has 0 aliphatic rings. The fourth-order valence-corrected chi connectivity index (χ4v) is 5.36. The van der Waals surface area contributed by atoms with Gasteiger partial charge in [-0.1, -0.05) is 41.9 Å². The van der Waals surface area contributed by atoms with Gasteiger partial charge in [0.1, 0.15) is 5.82 Å². The van der Waals surface area contributed by atoms with Crippen molar-refractivity contribution in [3.8, 4) is 0 Å². The minimum atomic E-state index is -3.86. The van der Waals surface area contributed by atoms with Crippen LogP contribution in [0.1, 0.15) is 35.5 Å². The molecule has 3 rings (SSSR count). The summed E-state index contributed by atoms with van der Waals surface area (Å²) in [5, 5.41) is 0.212. The molecule has 1 amide bonds. The van der Waals surface area contributed by atoms with Crippen molar-refractivity contribution in [2.45, 2.75) is 43.9 Å². The largest absolute Gasteiger partial charge is 0.383 e. The number of carbonyl (C=O) groups is 1. The smallest absolute Gasteiger partial charge is 0.257 e. The maximum absolute atomic E-state index is 14.3. The first-order valence-electron chi connectivity index (χ1n) is 10.7. The van der Waals surface area contributed by atoms with Gasteiger partial charge in [0, 0.05) is 24.7 Å². The average Bonchev–Trinajstić information content (AvgIpc) is 3.20. The van der Waals surface area contributed by atoms with E-state index in [2.05, 4.69) is 4.98 Å². The Balaban J connectivity index is 1.97. The number of ether oxygens (including phenoxy) is 1. The number of hydrogen-bond donors (Lipinski definition) is 0. The zero-order valence-electron chi connectivity index (χ0n) is 19.2.